The Morgan fingerprint density at radius 3 is 2.36 bits per heavy atom. The summed E-state index contributed by atoms with van der Waals surface area (Å²) in [5.41, 5.74) is 1.58. The number of benzene rings is 1. The van der Waals surface area contributed by atoms with Crippen LogP contribution >= 0.6 is 0 Å². The van der Waals surface area contributed by atoms with Crippen LogP contribution in [0, 0.1) is 0 Å². The summed E-state index contributed by atoms with van der Waals surface area (Å²) in [4.78, 5) is 2.60. The number of hydrogen-bond acceptors (Lipinski definition) is 3. The fourth-order valence-corrected chi connectivity index (χ4v) is 3.50. The second-order valence-electron chi connectivity index (χ2n) is 7.68. The van der Waals surface area contributed by atoms with Crippen molar-refractivity contribution in [3.63, 3.8) is 0 Å². The molecule has 0 saturated carbocycles. The molecule has 1 aliphatic heterocycles. The zero-order chi connectivity index (χ0) is 16.5. The van der Waals surface area contributed by atoms with Crippen LogP contribution in [0.25, 0.3) is 0 Å². The van der Waals surface area contributed by atoms with Crippen molar-refractivity contribution in [1.29, 1.82) is 0 Å². The lowest BCUT2D eigenvalue weighted by Crippen LogP contribution is -2.43. The molecule has 2 atom stereocenters. The molecule has 22 heavy (non-hydrogen) atoms. The molecule has 1 fully saturated rings. The number of rotatable bonds is 4. The van der Waals surface area contributed by atoms with Gasteiger partial charge in [-0.2, -0.15) is 0 Å². The number of nitrogens with zero attached hydrogens (tertiary/aromatic N) is 1. The minimum atomic E-state index is 0.151. The summed E-state index contributed by atoms with van der Waals surface area (Å²) in [5, 5.41) is 0. The van der Waals surface area contributed by atoms with Gasteiger partial charge in [0.05, 0.1) is 13.2 Å². The number of ether oxygens (including phenoxy) is 2. The molecule has 1 aromatic rings. The highest BCUT2D eigenvalue weighted by Crippen LogP contribution is 2.39. The maximum Gasteiger partial charge on any atom is 0.161 e. The first kappa shape index (κ1) is 17.1. The van der Waals surface area contributed by atoms with Gasteiger partial charge in [0.2, 0.25) is 0 Å². The smallest absolute Gasteiger partial charge is 0.161 e. The third-order valence-electron chi connectivity index (χ3n) is 4.46. The Bertz CT molecular complexity index is 505. The van der Waals surface area contributed by atoms with Crippen LogP contribution in [0.5, 0.6) is 11.5 Å². The van der Waals surface area contributed by atoms with Crippen molar-refractivity contribution in [1.82, 2.24) is 4.90 Å². The van der Waals surface area contributed by atoms with Crippen molar-refractivity contribution in [3.05, 3.63) is 23.8 Å². The summed E-state index contributed by atoms with van der Waals surface area (Å²) in [6.45, 7) is 14.4. The Morgan fingerprint density at radius 2 is 1.86 bits per heavy atom. The van der Waals surface area contributed by atoms with Gasteiger partial charge in [-0.25, -0.2) is 0 Å². The Hall–Kier alpha value is -1.22. The van der Waals surface area contributed by atoms with Gasteiger partial charge in [-0.3, -0.25) is 4.90 Å². The predicted octanol–water partition coefficient (Wildman–Crippen LogP) is 4.46. The van der Waals surface area contributed by atoms with Crippen molar-refractivity contribution in [2.75, 3.05) is 13.7 Å². The standard InChI is InChI=1S/C19H31NO2/c1-13(2)22-18-11-15(8-9-17(18)21-7)16-10-14(3)20(12-16)19(4,5)6/h8-9,11,13-14,16H,10,12H2,1-7H3/t14-,16-/m1/s1. The molecule has 0 unspecified atom stereocenters. The van der Waals surface area contributed by atoms with Crippen LogP contribution in [0.1, 0.15) is 59.4 Å². The minimum absolute atomic E-state index is 0.151. The molecule has 1 aliphatic rings. The molecule has 0 amide bonds. The quantitative estimate of drug-likeness (QED) is 0.820. The van der Waals surface area contributed by atoms with Gasteiger partial charge >= 0.3 is 0 Å². The lowest BCUT2D eigenvalue weighted by Gasteiger charge is -2.35. The fourth-order valence-electron chi connectivity index (χ4n) is 3.50. The second kappa shape index (κ2) is 6.49. The van der Waals surface area contributed by atoms with Gasteiger partial charge in [0, 0.05) is 18.1 Å². The van der Waals surface area contributed by atoms with Crippen molar-refractivity contribution in [2.45, 2.75) is 71.6 Å². The van der Waals surface area contributed by atoms with Crippen LogP contribution in [-0.4, -0.2) is 36.2 Å². The molecular formula is C19H31NO2. The number of likely N-dealkylation sites (tertiary alicyclic amines) is 1. The van der Waals surface area contributed by atoms with Crippen LogP contribution in [-0.2, 0) is 0 Å². The van der Waals surface area contributed by atoms with E-state index in [2.05, 4.69) is 44.7 Å². The highest BCUT2D eigenvalue weighted by atomic mass is 16.5. The zero-order valence-corrected chi connectivity index (χ0v) is 15.1. The van der Waals surface area contributed by atoms with Gasteiger partial charge in [-0.05, 0) is 71.6 Å². The van der Waals surface area contributed by atoms with Gasteiger partial charge < -0.3 is 9.47 Å². The molecule has 0 aromatic heterocycles. The molecular weight excluding hydrogens is 274 g/mol. The summed E-state index contributed by atoms with van der Waals surface area (Å²) >= 11 is 0. The summed E-state index contributed by atoms with van der Waals surface area (Å²) in [6.07, 6.45) is 1.35. The van der Waals surface area contributed by atoms with E-state index in [1.165, 1.54) is 12.0 Å². The maximum absolute atomic E-state index is 5.92. The average Bonchev–Trinajstić information content (AvgIpc) is 2.80. The third-order valence-corrected chi connectivity index (χ3v) is 4.46. The first-order chi connectivity index (χ1) is 10.2. The summed E-state index contributed by atoms with van der Waals surface area (Å²) in [6, 6.07) is 7.01. The first-order valence-corrected chi connectivity index (χ1v) is 8.33. The van der Waals surface area contributed by atoms with E-state index >= 15 is 0 Å². The first-order valence-electron chi connectivity index (χ1n) is 8.33. The predicted molar refractivity (Wildman–Crippen MR) is 92.0 cm³/mol. The lowest BCUT2D eigenvalue weighted by atomic mass is 9.96. The van der Waals surface area contributed by atoms with Crippen LogP contribution in [0.4, 0.5) is 0 Å². The highest BCUT2D eigenvalue weighted by molar-refractivity contribution is 5.44. The molecule has 0 spiro atoms. The van der Waals surface area contributed by atoms with Crippen LogP contribution in [0.2, 0.25) is 0 Å². The maximum atomic E-state index is 5.92. The molecule has 2 rings (SSSR count). The Balaban J connectivity index is 2.23. The monoisotopic (exact) mass is 305 g/mol. The number of methoxy groups -OCH3 is 1. The van der Waals surface area contributed by atoms with Gasteiger partial charge in [0.1, 0.15) is 0 Å². The van der Waals surface area contributed by atoms with E-state index in [1.807, 2.05) is 19.9 Å². The van der Waals surface area contributed by atoms with Gasteiger partial charge in [-0.15, -0.1) is 0 Å². The summed E-state index contributed by atoms with van der Waals surface area (Å²) in [5.74, 6) is 2.24. The third kappa shape index (κ3) is 3.75. The molecule has 3 nitrogen and oxygen atoms in total. The van der Waals surface area contributed by atoms with Gasteiger partial charge in [-0.1, -0.05) is 6.07 Å². The van der Waals surface area contributed by atoms with Crippen molar-refractivity contribution in [3.8, 4) is 11.5 Å². The molecule has 124 valence electrons. The van der Waals surface area contributed by atoms with E-state index in [9.17, 15) is 0 Å². The van der Waals surface area contributed by atoms with E-state index < -0.39 is 0 Å². The molecule has 0 aliphatic carbocycles. The molecule has 0 radical (unpaired) electrons. The van der Waals surface area contributed by atoms with Gasteiger partial charge in [0.15, 0.2) is 11.5 Å². The average molecular weight is 305 g/mol. The van der Waals surface area contributed by atoms with Crippen molar-refractivity contribution >= 4 is 0 Å². The Labute approximate surface area is 135 Å². The Kier molecular flexibility index (Phi) is 5.06. The van der Waals surface area contributed by atoms with Gasteiger partial charge in [0.25, 0.3) is 0 Å². The fraction of sp³-hybridized carbons (Fsp3) is 0.684. The van der Waals surface area contributed by atoms with E-state index in [1.54, 1.807) is 7.11 Å². The lowest BCUT2D eigenvalue weighted by molar-refractivity contribution is 0.129. The Morgan fingerprint density at radius 1 is 1.18 bits per heavy atom. The summed E-state index contributed by atoms with van der Waals surface area (Å²) in [7, 11) is 1.70. The van der Waals surface area contributed by atoms with E-state index in [-0.39, 0.29) is 11.6 Å². The van der Waals surface area contributed by atoms with E-state index in [4.69, 9.17) is 9.47 Å². The molecule has 0 bridgehead atoms. The van der Waals surface area contributed by atoms with Crippen molar-refractivity contribution in [2.24, 2.45) is 0 Å². The molecule has 1 heterocycles. The number of hydrogen-bond donors (Lipinski definition) is 0. The molecule has 0 N–H and O–H groups in total. The van der Waals surface area contributed by atoms with Crippen LogP contribution in [0.15, 0.2) is 18.2 Å². The topological polar surface area (TPSA) is 21.7 Å². The van der Waals surface area contributed by atoms with Crippen LogP contribution < -0.4 is 9.47 Å². The second-order valence-corrected chi connectivity index (χ2v) is 7.68. The highest BCUT2D eigenvalue weighted by Gasteiger charge is 2.36. The molecule has 1 saturated heterocycles. The largest absolute Gasteiger partial charge is 0.493 e. The molecule has 3 heteroatoms. The zero-order valence-electron chi connectivity index (χ0n) is 15.1. The molecule has 1 aromatic carbocycles. The van der Waals surface area contributed by atoms with Crippen LogP contribution in [0.3, 0.4) is 0 Å². The van der Waals surface area contributed by atoms with E-state index in [0.29, 0.717) is 12.0 Å². The minimum Gasteiger partial charge on any atom is -0.493 e. The summed E-state index contributed by atoms with van der Waals surface area (Å²) < 4.78 is 11.3. The SMILES string of the molecule is COc1ccc([C@@H]2C[C@@H](C)N(C(C)(C)C)C2)cc1OC(C)C. The van der Waals surface area contributed by atoms with Crippen molar-refractivity contribution < 1.29 is 9.47 Å². The van der Waals surface area contributed by atoms with E-state index in [0.717, 1.165) is 18.0 Å². The normalized spacial score (nSPS) is 23.1.